The maximum absolute atomic E-state index is 12.4. The standard InChI is InChI=1S/C19H17ClN4O4S/c1-3-28-18(27)17-11(2)21-19(29-17)22-15(25)10-24-16(26)9-8-14(23-24)12-6-4-5-7-13(12)20/h4-9H,3,10H2,1-2H3,(H,21,22,25). The van der Waals surface area contributed by atoms with E-state index in [1.54, 1.807) is 44.2 Å². The third kappa shape index (κ3) is 4.87. The maximum atomic E-state index is 12.4. The monoisotopic (exact) mass is 432 g/mol. The first-order chi connectivity index (χ1) is 13.9. The summed E-state index contributed by atoms with van der Waals surface area (Å²) in [7, 11) is 0. The Balaban J connectivity index is 1.77. The number of anilines is 1. The van der Waals surface area contributed by atoms with E-state index < -0.39 is 17.4 Å². The van der Waals surface area contributed by atoms with Crippen molar-refractivity contribution in [1.82, 2.24) is 14.8 Å². The zero-order valence-corrected chi connectivity index (χ0v) is 17.2. The van der Waals surface area contributed by atoms with E-state index in [9.17, 15) is 14.4 Å². The number of benzene rings is 1. The lowest BCUT2D eigenvalue weighted by atomic mass is 10.1. The Hall–Kier alpha value is -3.04. The van der Waals surface area contributed by atoms with Gasteiger partial charge < -0.3 is 10.1 Å². The molecule has 0 radical (unpaired) electrons. The lowest BCUT2D eigenvalue weighted by Crippen LogP contribution is -2.29. The van der Waals surface area contributed by atoms with Gasteiger partial charge in [-0.3, -0.25) is 9.59 Å². The largest absolute Gasteiger partial charge is 0.462 e. The third-order valence-electron chi connectivity index (χ3n) is 3.81. The molecule has 0 spiro atoms. The molecule has 0 saturated heterocycles. The van der Waals surface area contributed by atoms with Gasteiger partial charge in [-0.1, -0.05) is 41.1 Å². The molecule has 0 bridgehead atoms. The Labute approximate surface area is 175 Å². The molecule has 1 aromatic carbocycles. The lowest BCUT2D eigenvalue weighted by molar-refractivity contribution is -0.117. The number of amides is 1. The van der Waals surface area contributed by atoms with Crippen LogP contribution < -0.4 is 10.9 Å². The second-order valence-corrected chi connectivity index (χ2v) is 7.30. The van der Waals surface area contributed by atoms with E-state index in [-0.39, 0.29) is 18.3 Å². The van der Waals surface area contributed by atoms with Gasteiger partial charge in [-0.05, 0) is 26.0 Å². The van der Waals surface area contributed by atoms with Crippen molar-refractivity contribution in [3.63, 3.8) is 0 Å². The summed E-state index contributed by atoms with van der Waals surface area (Å²) in [6.45, 7) is 3.29. The molecule has 0 unspecified atom stereocenters. The number of nitrogens with one attached hydrogen (secondary N) is 1. The van der Waals surface area contributed by atoms with Crippen molar-refractivity contribution < 1.29 is 14.3 Å². The summed E-state index contributed by atoms with van der Waals surface area (Å²) in [5, 5.41) is 7.54. The number of aromatic nitrogens is 3. The minimum absolute atomic E-state index is 0.242. The summed E-state index contributed by atoms with van der Waals surface area (Å²) in [6, 6.07) is 9.95. The first-order valence-corrected chi connectivity index (χ1v) is 9.86. The summed E-state index contributed by atoms with van der Waals surface area (Å²) >= 11 is 7.19. The minimum Gasteiger partial charge on any atom is -0.462 e. The molecule has 0 aliphatic heterocycles. The fraction of sp³-hybridized carbons (Fsp3) is 0.211. The van der Waals surface area contributed by atoms with Gasteiger partial charge in [0.15, 0.2) is 5.13 Å². The van der Waals surface area contributed by atoms with Gasteiger partial charge >= 0.3 is 5.97 Å². The average molecular weight is 433 g/mol. The number of ether oxygens (including phenoxy) is 1. The van der Waals surface area contributed by atoms with Crippen molar-refractivity contribution in [1.29, 1.82) is 0 Å². The van der Waals surface area contributed by atoms with E-state index >= 15 is 0 Å². The molecule has 29 heavy (non-hydrogen) atoms. The van der Waals surface area contributed by atoms with Crippen LogP contribution in [0, 0.1) is 6.92 Å². The number of rotatable bonds is 6. The molecular formula is C19H17ClN4O4S. The molecule has 8 nitrogen and oxygen atoms in total. The molecule has 1 amide bonds. The Morgan fingerprint density at radius 2 is 2.00 bits per heavy atom. The molecule has 0 aliphatic carbocycles. The zero-order valence-electron chi connectivity index (χ0n) is 15.6. The first kappa shape index (κ1) is 20.7. The highest BCUT2D eigenvalue weighted by molar-refractivity contribution is 7.17. The molecule has 0 aliphatic rings. The molecule has 3 rings (SSSR count). The summed E-state index contributed by atoms with van der Waals surface area (Å²) in [6.07, 6.45) is 0. The van der Waals surface area contributed by atoms with Gasteiger partial charge in [0.1, 0.15) is 11.4 Å². The van der Waals surface area contributed by atoms with Crippen molar-refractivity contribution in [2.45, 2.75) is 20.4 Å². The molecule has 3 aromatic rings. The number of carbonyl (C=O) groups excluding carboxylic acids is 2. The van der Waals surface area contributed by atoms with Gasteiger partial charge in [0, 0.05) is 11.6 Å². The molecule has 1 N–H and O–H groups in total. The van der Waals surface area contributed by atoms with Crippen molar-refractivity contribution in [2.24, 2.45) is 0 Å². The number of thiazole rings is 1. The highest BCUT2D eigenvalue weighted by Crippen LogP contribution is 2.25. The normalized spacial score (nSPS) is 10.6. The number of carbonyl (C=O) groups is 2. The quantitative estimate of drug-likeness (QED) is 0.600. The van der Waals surface area contributed by atoms with Crippen LogP contribution in [0.25, 0.3) is 11.3 Å². The SMILES string of the molecule is CCOC(=O)c1sc(NC(=O)Cn2nc(-c3ccccc3Cl)ccc2=O)nc1C. The second kappa shape index (κ2) is 8.97. The predicted molar refractivity (Wildman–Crippen MR) is 110 cm³/mol. The predicted octanol–water partition coefficient (Wildman–Crippen LogP) is 3.14. The molecule has 10 heteroatoms. The number of hydrogen-bond acceptors (Lipinski definition) is 7. The number of aryl methyl sites for hydroxylation is 1. The molecule has 2 heterocycles. The summed E-state index contributed by atoms with van der Waals surface area (Å²) in [4.78, 5) is 40.8. The van der Waals surface area contributed by atoms with Crippen LogP contribution in [-0.4, -0.2) is 33.2 Å². The fourth-order valence-electron chi connectivity index (χ4n) is 2.51. The van der Waals surface area contributed by atoms with Crippen molar-refractivity contribution in [3.8, 4) is 11.3 Å². The van der Waals surface area contributed by atoms with E-state index in [1.807, 2.05) is 0 Å². The van der Waals surface area contributed by atoms with Crippen LogP contribution in [0.15, 0.2) is 41.2 Å². The molecule has 150 valence electrons. The van der Waals surface area contributed by atoms with Crippen molar-refractivity contribution in [3.05, 3.63) is 62.3 Å². The van der Waals surface area contributed by atoms with Crippen molar-refractivity contribution >= 4 is 39.9 Å². The van der Waals surface area contributed by atoms with Crippen molar-refractivity contribution in [2.75, 3.05) is 11.9 Å². The minimum atomic E-state index is -0.500. The average Bonchev–Trinajstić information content (AvgIpc) is 3.04. The van der Waals surface area contributed by atoms with Gasteiger partial charge in [-0.2, -0.15) is 5.10 Å². The highest BCUT2D eigenvalue weighted by Gasteiger charge is 2.18. The summed E-state index contributed by atoms with van der Waals surface area (Å²) < 4.78 is 6.00. The zero-order chi connectivity index (χ0) is 21.0. The topological polar surface area (TPSA) is 103 Å². The van der Waals surface area contributed by atoms with E-state index in [2.05, 4.69) is 15.4 Å². The van der Waals surface area contributed by atoms with E-state index in [0.717, 1.165) is 16.0 Å². The van der Waals surface area contributed by atoms with Gasteiger partial charge in [0.05, 0.1) is 23.0 Å². The Kier molecular flexibility index (Phi) is 6.40. The van der Waals surface area contributed by atoms with Crippen LogP contribution in [0.3, 0.4) is 0 Å². The van der Waals surface area contributed by atoms with Gasteiger partial charge in [-0.15, -0.1) is 0 Å². The van der Waals surface area contributed by atoms with Crippen LogP contribution >= 0.6 is 22.9 Å². The first-order valence-electron chi connectivity index (χ1n) is 8.66. The van der Waals surface area contributed by atoms with Gasteiger partial charge in [0.25, 0.3) is 5.56 Å². The molecule has 0 saturated carbocycles. The molecule has 0 fully saturated rings. The van der Waals surface area contributed by atoms with E-state index in [1.165, 1.54) is 6.07 Å². The van der Waals surface area contributed by atoms with Crippen LogP contribution in [0.2, 0.25) is 5.02 Å². The molecule has 2 aromatic heterocycles. The molecule has 0 atom stereocenters. The van der Waals surface area contributed by atoms with Crippen LogP contribution in [0.4, 0.5) is 5.13 Å². The van der Waals surface area contributed by atoms with Crippen LogP contribution in [0.5, 0.6) is 0 Å². The number of nitrogens with zero attached hydrogens (tertiary/aromatic N) is 3. The lowest BCUT2D eigenvalue weighted by Gasteiger charge is -2.08. The van der Waals surface area contributed by atoms with E-state index in [4.69, 9.17) is 16.3 Å². The Morgan fingerprint density at radius 1 is 1.24 bits per heavy atom. The third-order valence-corrected chi connectivity index (χ3v) is 5.20. The van der Waals surface area contributed by atoms with Crippen LogP contribution in [-0.2, 0) is 16.1 Å². The van der Waals surface area contributed by atoms with E-state index in [0.29, 0.717) is 26.9 Å². The number of halogens is 1. The number of esters is 1. The highest BCUT2D eigenvalue weighted by atomic mass is 35.5. The smallest absolute Gasteiger partial charge is 0.350 e. The van der Waals surface area contributed by atoms with Gasteiger partial charge in [0.2, 0.25) is 5.91 Å². The summed E-state index contributed by atoms with van der Waals surface area (Å²) in [5.41, 5.74) is 1.15. The fourth-order valence-corrected chi connectivity index (χ4v) is 3.61. The summed E-state index contributed by atoms with van der Waals surface area (Å²) in [5.74, 6) is -0.992. The second-order valence-electron chi connectivity index (χ2n) is 5.90. The number of hydrogen-bond donors (Lipinski definition) is 1. The maximum Gasteiger partial charge on any atom is 0.350 e. The Bertz CT molecular complexity index is 1130. The molecular weight excluding hydrogens is 416 g/mol. The van der Waals surface area contributed by atoms with Gasteiger partial charge in [-0.25, -0.2) is 14.5 Å². The van der Waals surface area contributed by atoms with Crippen LogP contribution in [0.1, 0.15) is 22.3 Å². The Morgan fingerprint density at radius 3 is 2.72 bits per heavy atom.